The Balaban J connectivity index is 1.80. The van der Waals surface area contributed by atoms with Gasteiger partial charge in [-0.1, -0.05) is 32.0 Å². The van der Waals surface area contributed by atoms with Crippen LogP contribution in [0.1, 0.15) is 49.6 Å². The van der Waals surface area contributed by atoms with Gasteiger partial charge in [0.15, 0.2) is 0 Å². The Bertz CT molecular complexity index is 612. The van der Waals surface area contributed by atoms with Crippen LogP contribution in [-0.4, -0.2) is 27.9 Å². The molecule has 2 atom stereocenters. The summed E-state index contributed by atoms with van der Waals surface area (Å²) < 4.78 is 0. The molecule has 0 spiro atoms. The number of benzene rings is 1. The average Bonchev–Trinajstić information content (AvgIpc) is 2.75. The molecule has 118 valence electrons. The van der Waals surface area contributed by atoms with Crippen molar-refractivity contribution >= 4 is 11.8 Å². The summed E-state index contributed by atoms with van der Waals surface area (Å²) in [4.78, 5) is 25.1. The summed E-state index contributed by atoms with van der Waals surface area (Å²) in [6.07, 6.45) is 0.993. The lowest BCUT2D eigenvalue weighted by Gasteiger charge is -2.31. The van der Waals surface area contributed by atoms with Gasteiger partial charge in [-0.3, -0.25) is 19.8 Å². The number of piperidine rings is 1. The first-order chi connectivity index (χ1) is 10.5. The van der Waals surface area contributed by atoms with Crippen LogP contribution in [0.3, 0.4) is 0 Å². The molecule has 5 heteroatoms. The second kappa shape index (κ2) is 5.82. The molecular formula is C17H22N2O3. The Morgan fingerprint density at radius 1 is 1.36 bits per heavy atom. The van der Waals surface area contributed by atoms with Gasteiger partial charge >= 0.3 is 0 Å². The number of hydrogen-bond donors (Lipinski definition) is 2. The van der Waals surface area contributed by atoms with Crippen molar-refractivity contribution in [3.63, 3.8) is 0 Å². The maximum Gasteiger partial charge on any atom is 0.244 e. The Morgan fingerprint density at radius 2 is 2.14 bits per heavy atom. The molecule has 22 heavy (non-hydrogen) atoms. The monoisotopic (exact) mass is 302 g/mol. The van der Waals surface area contributed by atoms with Gasteiger partial charge < -0.3 is 5.11 Å². The molecule has 2 heterocycles. The van der Waals surface area contributed by atoms with E-state index in [1.54, 1.807) is 4.90 Å². The van der Waals surface area contributed by atoms with Gasteiger partial charge in [0.1, 0.15) is 6.23 Å². The van der Waals surface area contributed by atoms with E-state index in [2.05, 4.69) is 25.2 Å². The Kier molecular flexibility index (Phi) is 4.02. The van der Waals surface area contributed by atoms with Crippen LogP contribution in [0.4, 0.5) is 0 Å². The van der Waals surface area contributed by atoms with Crippen molar-refractivity contribution in [1.29, 1.82) is 0 Å². The lowest BCUT2D eigenvalue weighted by Crippen LogP contribution is -2.51. The van der Waals surface area contributed by atoms with Crippen molar-refractivity contribution in [3.05, 3.63) is 34.9 Å². The highest BCUT2D eigenvalue weighted by Crippen LogP contribution is 2.35. The first-order valence-corrected chi connectivity index (χ1v) is 7.85. The third-order valence-electron chi connectivity index (χ3n) is 4.41. The Hall–Kier alpha value is -1.72. The van der Waals surface area contributed by atoms with Gasteiger partial charge in [0, 0.05) is 18.5 Å². The zero-order valence-corrected chi connectivity index (χ0v) is 13.0. The molecule has 1 saturated heterocycles. The van der Waals surface area contributed by atoms with Crippen LogP contribution in [0.25, 0.3) is 0 Å². The van der Waals surface area contributed by atoms with Crippen molar-refractivity contribution in [2.45, 2.75) is 51.9 Å². The molecule has 0 radical (unpaired) electrons. The highest BCUT2D eigenvalue weighted by atomic mass is 16.3. The second-order valence-electron chi connectivity index (χ2n) is 6.64. The highest BCUT2D eigenvalue weighted by Gasteiger charge is 2.39. The van der Waals surface area contributed by atoms with Gasteiger partial charge in [0.05, 0.1) is 6.04 Å². The van der Waals surface area contributed by atoms with E-state index in [0.29, 0.717) is 25.3 Å². The van der Waals surface area contributed by atoms with Gasteiger partial charge in [-0.15, -0.1) is 0 Å². The third kappa shape index (κ3) is 2.78. The van der Waals surface area contributed by atoms with Gasteiger partial charge in [0.25, 0.3) is 0 Å². The summed E-state index contributed by atoms with van der Waals surface area (Å²) in [6.45, 7) is 4.88. The second-order valence-corrected chi connectivity index (χ2v) is 6.64. The molecule has 0 aromatic heterocycles. The lowest BCUT2D eigenvalue weighted by molar-refractivity contribution is -0.141. The summed E-state index contributed by atoms with van der Waals surface area (Å²) in [7, 11) is 0. The fourth-order valence-corrected chi connectivity index (χ4v) is 3.37. The fraction of sp³-hybridized carbons (Fsp3) is 0.529. The van der Waals surface area contributed by atoms with E-state index in [1.165, 1.54) is 5.56 Å². The van der Waals surface area contributed by atoms with Crippen LogP contribution in [0, 0.1) is 5.92 Å². The summed E-state index contributed by atoms with van der Waals surface area (Å²) in [5.41, 5.74) is 3.16. The fourth-order valence-electron chi connectivity index (χ4n) is 3.37. The van der Waals surface area contributed by atoms with E-state index < -0.39 is 12.3 Å². The maximum absolute atomic E-state index is 12.0. The van der Waals surface area contributed by atoms with E-state index in [-0.39, 0.29) is 11.8 Å². The van der Waals surface area contributed by atoms with E-state index >= 15 is 0 Å². The third-order valence-corrected chi connectivity index (χ3v) is 4.41. The molecule has 2 unspecified atom stereocenters. The van der Waals surface area contributed by atoms with Gasteiger partial charge in [-0.25, -0.2) is 0 Å². The predicted octanol–water partition coefficient (Wildman–Crippen LogP) is 1.50. The van der Waals surface area contributed by atoms with Crippen molar-refractivity contribution in [2.24, 2.45) is 5.92 Å². The van der Waals surface area contributed by atoms with E-state index in [1.807, 2.05) is 12.1 Å². The van der Waals surface area contributed by atoms with Crippen molar-refractivity contribution < 1.29 is 14.7 Å². The molecule has 2 N–H and O–H groups in total. The van der Waals surface area contributed by atoms with Crippen molar-refractivity contribution in [1.82, 2.24) is 10.2 Å². The molecule has 1 aromatic carbocycles. The molecule has 0 aliphatic carbocycles. The zero-order chi connectivity index (χ0) is 15.9. The quantitative estimate of drug-likeness (QED) is 0.830. The highest BCUT2D eigenvalue weighted by molar-refractivity contribution is 6.00. The maximum atomic E-state index is 12.0. The van der Waals surface area contributed by atoms with Crippen LogP contribution in [0.15, 0.2) is 18.2 Å². The number of carbonyl (C=O) groups excluding carboxylic acids is 2. The molecule has 2 amide bonds. The number of carbonyl (C=O) groups is 2. The summed E-state index contributed by atoms with van der Waals surface area (Å²) in [5.74, 6) is 0.0278. The molecule has 0 bridgehead atoms. The van der Waals surface area contributed by atoms with E-state index in [9.17, 15) is 14.7 Å². The normalized spacial score (nSPS) is 25.5. The molecular weight excluding hydrogens is 280 g/mol. The molecule has 2 aliphatic rings. The first-order valence-electron chi connectivity index (χ1n) is 7.85. The molecule has 5 nitrogen and oxygen atoms in total. The Morgan fingerprint density at radius 3 is 2.82 bits per heavy atom. The van der Waals surface area contributed by atoms with Crippen LogP contribution >= 0.6 is 0 Å². The van der Waals surface area contributed by atoms with E-state index in [4.69, 9.17) is 0 Å². The lowest BCUT2D eigenvalue weighted by atomic mass is 9.99. The standard InChI is InChI=1S/C17H22N2O3/c1-10(2)7-11-3-4-12-9-19(17(22)13(12)8-11)14-5-6-15(20)18-16(14)21/h3-4,8,10,14,17,22H,5-7,9H2,1-2H3,(H,18,20,21). The topological polar surface area (TPSA) is 69.6 Å². The summed E-state index contributed by atoms with van der Waals surface area (Å²) in [5, 5.41) is 13.0. The number of fused-ring (bicyclic) bond motifs is 1. The van der Waals surface area contributed by atoms with Crippen molar-refractivity contribution in [2.75, 3.05) is 0 Å². The molecule has 1 fully saturated rings. The van der Waals surface area contributed by atoms with Gasteiger partial charge in [-0.05, 0) is 29.9 Å². The molecule has 0 saturated carbocycles. The predicted molar refractivity (Wildman–Crippen MR) is 81.7 cm³/mol. The Labute approximate surface area is 130 Å². The number of rotatable bonds is 3. The van der Waals surface area contributed by atoms with Crippen LogP contribution in [0.5, 0.6) is 0 Å². The largest absolute Gasteiger partial charge is 0.374 e. The first kappa shape index (κ1) is 15.2. The van der Waals surface area contributed by atoms with Crippen LogP contribution in [-0.2, 0) is 22.6 Å². The zero-order valence-electron chi connectivity index (χ0n) is 13.0. The number of amides is 2. The smallest absolute Gasteiger partial charge is 0.244 e. The van der Waals surface area contributed by atoms with Gasteiger partial charge in [-0.2, -0.15) is 0 Å². The SMILES string of the molecule is CC(C)Cc1ccc2c(c1)C(O)N(C1CCC(=O)NC1=O)C2. The van der Waals surface area contributed by atoms with Crippen LogP contribution < -0.4 is 5.32 Å². The average molecular weight is 302 g/mol. The molecule has 1 aromatic rings. The number of imide groups is 1. The minimum Gasteiger partial charge on any atom is -0.374 e. The summed E-state index contributed by atoms with van der Waals surface area (Å²) in [6, 6.07) is 5.75. The number of nitrogens with zero attached hydrogens (tertiary/aromatic N) is 1. The number of aliphatic hydroxyl groups excluding tert-OH is 1. The molecule has 2 aliphatic heterocycles. The number of nitrogens with one attached hydrogen (secondary N) is 1. The van der Waals surface area contributed by atoms with E-state index in [0.717, 1.165) is 17.5 Å². The number of aliphatic hydroxyl groups is 1. The summed E-state index contributed by atoms with van der Waals surface area (Å²) >= 11 is 0. The minimum atomic E-state index is -0.772. The molecule has 3 rings (SSSR count). The minimum absolute atomic E-state index is 0.230. The number of hydrogen-bond acceptors (Lipinski definition) is 4. The van der Waals surface area contributed by atoms with Gasteiger partial charge in [0.2, 0.25) is 11.8 Å². The van der Waals surface area contributed by atoms with Crippen molar-refractivity contribution in [3.8, 4) is 0 Å². The van der Waals surface area contributed by atoms with Crippen LogP contribution in [0.2, 0.25) is 0 Å².